The number of carbonyl (C=O) groups is 1. The van der Waals surface area contributed by atoms with E-state index in [4.69, 9.17) is 16.3 Å². The number of nitrogens with one attached hydrogen (secondary N) is 1. The fourth-order valence-electron chi connectivity index (χ4n) is 2.15. The van der Waals surface area contributed by atoms with Gasteiger partial charge in [0.25, 0.3) is 5.91 Å². The molecule has 0 spiro atoms. The monoisotopic (exact) mass is 377 g/mol. The summed E-state index contributed by atoms with van der Waals surface area (Å²) < 4.78 is 22.9. The molecule has 3 rings (SSSR count). The third-order valence-electron chi connectivity index (χ3n) is 3.47. The van der Waals surface area contributed by atoms with Crippen molar-refractivity contribution in [1.29, 1.82) is 0 Å². The van der Waals surface area contributed by atoms with Crippen molar-refractivity contribution in [3.05, 3.63) is 58.4 Å². The number of rotatable bonds is 4. The van der Waals surface area contributed by atoms with Gasteiger partial charge < -0.3 is 4.74 Å². The molecule has 5 nitrogen and oxygen atoms in total. The first-order valence-corrected chi connectivity index (χ1v) is 8.38. The quantitative estimate of drug-likeness (QED) is 0.723. The molecule has 0 bridgehead atoms. The van der Waals surface area contributed by atoms with Crippen molar-refractivity contribution in [2.45, 2.75) is 6.92 Å². The Bertz CT molecular complexity index is 945. The number of aromatic nitrogens is 2. The van der Waals surface area contributed by atoms with Gasteiger partial charge in [0.15, 0.2) is 5.82 Å². The largest absolute Gasteiger partial charge is 0.497 e. The Hall–Kier alpha value is -2.51. The third kappa shape index (κ3) is 3.78. The number of methoxy groups -OCH3 is 1. The molecule has 1 aromatic heterocycles. The summed E-state index contributed by atoms with van der Waals surface area (Å²) in [7, 11) is 1.58. The number of ether oxygens (including phenoxy) is 1. The zero-order chi connectivity index (χ0) is 18.0. The van der Waals surface area contributed by atoms with Gasteiger partial charge in [0.1, 0.15) is 11.6 Å². The van der Waals surface area contributed by atoms with Crippen LogP contribution in [0.3, 0.4) is 0 Å². The topological polar surface area (TPSA) is 64.1 Å². The van der Waals surface area contributed by atoms with Crippen molar-refractivity contribution in [1.82, 2.24) is 9.36 Å². The lowest BCUT2D eigenvalue weighted by Crippen LogP contribution is -2.13. The molecule has 0 aliphatic carbocycles. The van der Waals surface area contributed by atoms with Crippen LogP contribution in [0.25, 0.3) is 11.4 Å². The van der Waals surface area contributed by atoms with Crippen molar-refractivity contribution in [3.63, 3.8) is 0 Å². The molecular formula is C17H13ClFN3O2S. The van der Waals surface area contributed by atoms with Crippen LogP contribution in [0, 0.1) is 12.7 Å². The van der Waals surface area contributed by atoms with Gasteiger partial charge in [0, 0.05) is 17.1 Å². The van der Waals surface area contributed by atoms with Crippen LogP contribution in [0.15, 0.2) is 36.4 Å². The predicted octanol–water partition coefficient (Wildman–Crippen LogP) is 4.57. The van der Waals surface area contributed by atoms with Gasteiger partial charge in [-0.2, -0.15) is 9.36 Å². The van der Waals surface area contributed by atoms with Crippen LogP contribution in [0.1, 0.15) is 15.9 Å². The Morgan fingerprint density at radius 1 is 1.32 bits per heavy atom. The summed E-state index contributed by atoms with van der Waals surface area (Å²) in [6, 6.07) is 9.81. The van der Waals surface area contributed by atoms with E-state index in [0.717, 1.165) is 23.2 Å². The minimum Gasteiger partial charge on any atom is -0.497 e. The molecule has 25 heavy (non-hydrogen) atoms. The summed E-state index contributed by atoms with van der Waals surface area (Å²) in [6.07, 6.45) is 0. The lowest BCUT2D eigenvalue weighted by Gasteiger charge is -2.06. The first-order valence-electron chi connectivity index (χ1n) is 7.23. The zero-order valence-corrected chi connectivity index (χ0v) is 14.9. The highest BCUT2D eigenvalue weighted by Crippen LogP contribution is 2.26. The summed E-state index contributed by atoms with van der Waals surface area (Å²) >= 11 is 6.99. The highest BCUT2D eigenvalue weighted by Gasteiger charge is 2.16. The molecule has 128 valence electrons. The normalized spacial score (nSPS) is 10.6. The fourth-order valence-corrected chi connectivity index (χ4v) is 2.97. The average molecular weight is 378 g/mol. The first kappa shape index (κ1) is 17.3. The van der Waals surface area contributed by atoms with Crippen LogP contribution in [-0.4, -0.2) is 22.4 Å². The minimum absolute atomic E-state index is 0.0399. The highest BCUT2D eigenvalue weighted by atomic mass is 35.5. The molecule has 8 heteroatoms. The van der Waals surface area contributed by atoms with Crippen LogP contribution in [0.4, 0.5) is 9.52 Å². The Morgan fingerprint density at radius 2 is 2.12 bits per heavy atom. The van der Waals surface area contributed by atoms with Crippen molar-refractivity contribution in [2.75, 3.05) is 12.4 Å². The molecule has 0 aliphatic heterocycles. The molecule has 0 saturated carbocycles. The number of hydrogen-bond donors (Lipinski definition) is 1. The van der Waals surface area contributed by atoms with Gasteiger partial charge in [0.05, 0.1) is 17.7 Å². The number of anilines is 1. The average Bonchev–Trinajstić information content (AvgIpc) is 3.06. The van der Waals surface area contributed by atoms with Crippen molar-refractivity contribution in [2.24, 2.45) is 0 Å². The summed E-state index contributed by atoms with van der Waals surface area (Å²) in [5, 5.41) is 2.99. The van der Waals surface area contributed by atoms with E-state index < -0.39 is 11.7 Å². The Morgan fingerprint density at radius 3 is 2.88 bits per heavy atom. The molecule has 0 atom stereocenters. The number of hydrogen-bond acceptors (Lipinski definition) is 5. The van der Waals surface area contributed by atoms with E-state index in [1.165, 1.54) is 6.07 Å². The maximum absolute atomic E-state index is 13.5. The second-order valence-corrected chi connectivity index (χ2v) is 6.35. The van der Waals surface area contributed by atoms with E-state index in [0.29, 0.717) is 22.3 Å². The number of aryl methyl sites for hydroxylation is 1. The van der Waals surface area contributed by atoms with E-state index in [1.54, 1.807) is 20.1 Å². The number of halogens is 2. The third-order valence-corrected chi connectivity index (χ3v) is 4.41. The molecule has 0 fully saturated rings. The van der Waals surface area contributed by atoms with E-state index in [9.17, 15) is 9.18 Å². The number of carbonyl (C=O) groups excluding carboxylic acids is 1. The van der Waals surface area contributed by atoms with Crippen molar-refractivity contribution >= 4 is 34.2 Å². The second kappa shape index (κ2) is 7.16. The standard InChI is InChI=1S/C17H13ClFN3O2S/c1-9-6-12(13(18)8-14(9)19)16(23)21-17-20-15(22-25-17)10-4-3-5-11(7-10)24-2/h3-8H,1-2H3,(H,20,21,22,23). The van der Waals surface area contributed by atoms with Gasteiger partial charge in [-0.15, -0.1) is 0 Å². The maximum Gasteiger partial charge on any atom is 0.259 e. The number of benzene rings is 2. The highest BCUT2D eigenvalue weighted by molar-refractivity contribution is 7.10. The Labute approximate surface area is 152 Å². The van der Waals surface area contributed by atoms with E-state index in [-0.39, 0.29) is 10.6 Å². The molecule has 1 amide bonds. The Kier molecular flexibility index (Phi) is 4.96. The van der Waals surface area contributed by atoms with Gasteiger partial charge in [-0.3, -0.25) is 10.1 Å². The molecule has 1 heterocycles. The van der Waals surface area contributed by atoms with Crippen molar-refractivity contribution < 1.29 is 13.9 Å². The zero-order valence-electron chi connectivity index (χ0n) is 13.3. The van der Waals surface area contributed by atoms with Crippen LogP contribution < -0.4 is 10.1 Å². The molecule has 0 unspecified atom stereocenters. The smallest absolute Gasteiger partial charge is 0.259 e. The van der Waals surface area contributed by atoms with Crippen LogP contribution >= 0.6 is 23.1 Å². The molecule has 0 aliphatic rings. The lowest BCUT2D eigenvalue weighted by molar-refractivity contribution is 0.102. The molecule has 0 radical (unpaired) electrons. The summed E-state index contributed by atoms with van der Waals surface area (Å²) in [6.45, 7) is 1.56. The SMILES string of the molecule is COc1cccc(-c2nsc(NC(=O)c3cc(C)c(F)cc3Cl)n2)c1. The predicted molar refractivity (Wildman–Crippen MR) is 96.0 cm³/mol. The minimum atomic E-state index is -0.471. The fraction of sp³-hybridized carbons (Fsp3) is 0.118. The molecular weight excluding hydrogens is 365 g/mol. The van der Waals surface area contributed by atoms with Gasteiger partial charge >= 0.3 is 0 Å². The summed E-state index contributed by atoms with van der Waals surface area (Å²) in [5.41, 5.74) is 1.29. The lowest BCUT2D eigenvalue weighted by atomic mass is 10.1. The van der Waals surface area contributed by atoms with Gasteiger partial charge in [0.2, 0.25) is 5.13 Å². The number of nitrogens with zero attached hydrogens (tertiary/aromatic N) is 2. The number of amides is 1. The summed E-state index contributed by atoms with van der Waals surface area (Å²) in [4.78, 5) is 16.6. The van der Waals surface area contributed by atoms with Crippen LogP contribution in [0.2, 0.25) is 5.02 Å². The van der Waals surface area contributed by atoms with E-state index >= 15 is 0 Å². The van der Waals surface area contributed by atoms with Crippen LogP contribution in [-0.2, 0) is 0 Å². The van der Waals surface area contributed by atoms with Gasteiger partial charge in [-0.05, 0) is 36.8 Å². The van der Waals surface area contributed by atoms with Gasteiger partial charge in [-0.25, -0.2) is 4.39 Å². The summed E-state index contributed by atoms with van der Waals surface area (Å²) in [5.74, 6) is 0.228. The van der Waals surface area contributed by atoms with E-state index in [1.807, 2.05) is 18.2 Å². The molecule has 2 aromatic carbocycles. The molecule has 1 N–H and O–H groups in total. The molecule has 3 aromatic rings. The van der Waals surface area contributed by atoms with Crippen molar-refractivity contribution in [3.8, 4) is 17.1 Å². The molecule has 0 saturated heterocycles. The van der Waals surface area contributed by atoms with Crippen LogP contribution in [0.5, 0.6) is 5.75 Å². The van der Waals surface area contributed by atoms with E-state index in [2.05, 4.69) is 14.7 Å². The Balaban J connectivity index is 1.81. The first-order chi connectivity index (χ1) is 12.0. The maximum atomic E-state index is 13.5. The van der Waals surface area contributed by atoms with Gasteiger partial charge in [-0.1, -0.05) is 23.7 Å². The second-order valence-electron chi connectivity index (χ2n) is 5.19.